The molecular formula is C17H19N3O3. The van der Waals surface area contributed by atoms with Gasteiger partial charge in [0.15, 0.2) is 0 Å². The molecule has 0 fully saturated rings. The minimum atomic E-state index is -1.04. The number of fused-ring (bicyclic) bond motifs is 1. The van der Waals surface area contributed by atoms with Gasteiger partial charge in [0.2, 0.25) is 0 Å². The van der Waals surface area contributed by atoms with E-state index < -0.39 is 12.0 Å². The first kappa shape index (κ1) is 15.3. The van der Waals surface area contributed by atoms with E-state index in [2.05, 4.69) is 10.4 Å². The highest BCUT2D eigenvalue weighted by atomic mass is 16.4. The maximum Gasteiger partial charge on any atom is 0.326 e. The summed E-state index contributed by atoms with van der Waals surface area (Å²) >= 11 is 0. The van der Waals surface area contributed by atoms with Crippen LogP contribution in [0.4, 0.5) is 0 Å². The maximum atomic E-state index is 12.5. The number of carboxylic acid groups (broad SMARTS) is 1. The molecule has 0 radical (unpaired) electrons. The molecule has 0 saturated carbocycles. The molecule has 3 rings (SSSR count). The van der Waals surface area contributed by atoms with Crippen LogP contribution in [-0.4, -0.2) is 32.8 Å². The zero-order chi connectivity index (χ0) is 16.2. The van der Waals surface area contributed by atoms with E-state index in [0.29, 0.717) is 5.56 Å². The Morgan fingerprint density at radius 2 is 2.04 bits per heavy atom. The molecule has 1 amide bonds. The Bertz CT molecular complexity index is 709. The quantitative estimate of drug-likeness (QED) is 0.879. The highest BCUT2D eigenvalue weighted by Gasteiger charge is 2.25. The number of benzene rings is 1. The number of hydrogen-bond donors (Lipinski definition) is 2. The molecule has 23 heavy (non-hydrogen) atoms. The summed E-state index contributed by atoms with van der Waals surface area (Å²) in [5, 5.41) is 16.2. The number of carbonyl (C=O) groups excluding carboxylic acids is 1. The van der Waals surface area contributed by atoms with Crippen molar-refractivity contribution in [3.05, 3.63) is 53.3 Å². The molecule has 0 aliphatic carbocycles. The third-order valence-electron chi connectivity index (χ3n) is 4.11. The Balaban J connectivity index is 1.74. The molecule has 1 aromatic carbocycles. The average Bonchev–Trinajstić information content (AvgIpc) is 2.99. The standard InChI is InChI=1S/C17H19N3O3/c21-16(13-11-18-20-9-5-4-8-15(13)20)19-14(17(22)23)10-12-6-2-1-3-7-12/h1-3,6-7,11,14H,4-5,8-10H2,(H,19,21)(H,22,23). The van der Waals surface area contributed by atoms with Crippen molar-refractivity contribution in [1.82, 2.24) is 15.1 Å². The summed E-state index contributed by atoms with van der Waals surface area (Å²) in [5.41, 5.74) is 2.26. The first-order valence-corrected chi connectivity index (χ1v) is 7.77. The average molecular weight is 313 g/mol. The fourth-order valence-electron chi connectivity index (χ4n) is 2.90. The Hall–Kier alpha value is -2.63. The monoisotopic (exact) mass is 313 g/mol. The molecule has 1 aliphatic rings. The van der Waals surface area contributed by atoms with E-state index in [4.69, 9.17) is 0 Å². The van der Waals surface area contributed by atoms with E-state index in [9.17, 15) is 14.7 Å². The lowest BCUT2D eigenvalue weighted by atomic mass is 10.0. The molecule has 120 valence electrons. The van der Waals surface area contributed by atoms with Gasteiger partial charge in [-0.3, -0.25) is 9.48 Å². The fourth-order valence-corrected chi connectivity index (χ4v) is 2.90. The summed E-state index contributed by atoms with van der Waals surface area (Å²) in [6.07, 6.45) is 4.68. The number of nitrogens with zero attached hydrogens (tertiary/aromatic N) is 2. The molecule has 0 saturated heterocycles. The Morgan fingerprint density at radius 1 is 1.26 bits per heavy atom. The van der Waals surface area contributed by atoms with Crippen molar-refractivity contribution in [1.29, 1.82) is 0 Å². The topological polar surface area (TPSA) is 84.2 Å². The van der Waals surface area contributed by atoms with Gasteiger partial charge in [-0.15, -0.1) is 0 Å². The largest absolute Gasteiger partial charge is 0.480 e. The molecule has 2 heterocycles. The summed E-state index contributed by atoms with van der Waals surface area (Å²) in [6.45, 7) is 0.814. The van der Waals surface area contributed by atoms with Crippen molar-refractivity contribution in [2.75, 3.05) is 0 Å². The SMILES string of the molecule is O=C(NC(Cc1ccccc1)C(=O)O)c1cnn2c1CCCC2. The Kier molecular flexibility index (Phi) is 4.41. The summed E-state index contributed by atoms with van der Waals surface area (Å²) in [6, 6.07) is 8.32. The van der Waals surface area contributed by atoms with Crippen molar-refractivity contribution in [2.24, 2.45) is 0 Å². The second kappa shape index (κ2) is 6.64. The minimum Gasteiger partial charge on any atom is -0.480 e. The Morgan fingerprint density at radius 3 is 2.78 bits per heavy atom. The first-order valence-electron chi connectivity index (χ1n) is 7.77. The number of amides is 1. The van der Waals surface area contributed by atoms with Crippen LogP contribution in [0.5, 0.6) is 0 Å². The highest BCUT2D eigenvalue weighted by Crippen LogP contribution is 2.18. The smallest absolute Gasteiger partial charge is 0.326 e. The molecule has 1 atom stereocenters. The van der Waals surface area contributed by atoms with Crippen molar-refractivity contribution >= 4 is 11.9 Å². The van der Waals surface area contributed by atoms with Gasteiger partial charge in [0.1, 0.15) is 6.04 Å². The van der Waals surface area contributed by atoms with E-state index in [0.717, 1.165) is 37.1 Å². The number of aromatic nitrogens is 2. The van der Waals surface area contributed by atoms with Gasteiger partial charge in [-0.05, 0) is 24.8 Å². The van der Waals surface area contributed by atoms with Crippen LogP contribution in [-0.2, 0) is 24.2 Å². The lowest BCUT2D eigenvalue weighted by Gasteiger charge is -2.17. The second-order valence-corrected chi connectivity index (χ2v) is 5.74. The summed E-state index contributed by atoms with van der Waals surface area (Å²) in [5.74, 6) is -1.40. The van der Waals surface area contributed by atoms with Gasteiger partial charge in [0.25, 0.3) is 5.91 Å². The maximum absolute atomic E-state index is 12.5. The van der Waals surface area contributed by atoms with E-state index in [1.807, 2.05) is 35.0 Å². The highest BCUT2D eigenvalue weighted by molar-refractivity contribution is 5.97. The van der Waals surface area contributed by atoms with E-state index >= 15 is 0 Å². The number of rotatable bonds is 5. The predicted octanol–water partition coefficient (Wildman–Crippen LogP) is 1.65. The molecule has 0 bridgehead atoms. The number of hydrogen-bond acceptors (Lipinski definition) is 3. The Labute approximate surface area is 134 Å². The predicted molar refractivity (Wildman–Crippen MR) is 84.2 cm³/mol. The number of nitrogens with one attached hydrogen (secondary N) is 1. The number of aliphatic carboxylic acids is 1. The molecule has 1 unspecified atom stereocenters. The molecule has 2 N–H and O–H groups in total. The van der Waals surface area contributed by atoms with Gasteiger partial charge in [-0.2, -0.15) is 5.10 Å². The molecule has 2 aromatic rings. The fraction of sp³-hybridized carbons (Fsp3) is 0.353. The van der Waals surface area contributed by atoms with Crippen molar-refractivity contribution in [3.8, 4) is 0 Å². The molecule has 1 aliphatic heterocycles. The summed E-state index contributed by atoms with van der Waals surface area (Å²) < 4.78 is 1.84. The van der Waals surface area contributed by atoms with Crippen LogP contribution in [0.1, 0.15) is 34.5 Å². The van der Waals surface area contributed by atoms with Gasteiger partial charge in [0, 0.05) is 13.0 Å². The van der Waals surface area contributed by atoms with Gasteiger partial charge < -0.3 is 10.4 Å². The summed E-state index contributed by atoms with van der Waals surface area (Å²) in [7, 11) is 0. The third-order valence-corrected chi connectivity index (χ3v) is 4.11. The molecule has 1 aromatic heterocycles. The number of aryl methyl sites for hydroxylation is 1. The van der Waals surface area contributed by atoms with Crippen molar-refractivity contribution in [3.63, 3.8) is 0 Å². The third kappa shape index (κ3) is 3.41. The lowest BCUT2D eigenvalue weighted by molar-refractivity contribution is -0.139. The molecule has 6 nitrogen and oxygen atoms in total. The van der Waals surface area contributed by atoms with Crippen LogP contribution >= 0.6 is 0 Å². The van der Waals surface area contributed by atoms with Gasteiger partial charge in [0.05, 0.1) is 17.5 Å². The zero-order valence-corrected chi connectivity index (χ0v) is 12.7. The van der Waals surface area contributed by atoms with Crippen LogP contribution in [0.2, 0.25) is 0 Å². The van der Waals surface area contributed by atoms with Gasteiger partial charge in [-0.1, -0.05) is 30.3 Å². The van der Waals surface area contributed by atoms with E-state index in [1.54, 1.807) is 0 Å². The van der Waals surface area contributed by atoms with Crippen LogP contribution in [0, 0.1) is 0 Å². The van der Waals surface area contributed by atoms with Crippen LogP contribution < -0.4 is 5.32 Å². The number of carbonyl (C=O) groups is 2. The normalized spacial score (nSPS) is 14.8. The molecule has 0 spiro atoms. The van der Waals surface area contributed by atoms with Crippen LogP contribution in [0.25, 0.3) is 0 Å². The number of carboxylic acids is 1. The van der Waals surface area contributed by atoms with Gasteiger partial charge >= 0.3 is 5.97 Å². The van der Waals surface area contributed by atoms with Crippen molar-refractivity contribution in [2.45, 2.75) is 38.3 Å². The van der Waals surface area contributed by atoms with E-state index in [1.165, 1.54) is 6.20 Å². The lowest BCUT2D eigenvalue weighted by Crippen LogP contribution is -2.42. The van der Waals surface area contributed by atoms with E-state index in [-0.39, 0.29) is 12.3 Å². The van der Waals surface area contributed by atoms with Crippen LogP contribution in [0.15, 0.2) is 36.5 Å². The summed E-state index contributed by atoms with van der Waals surface area (Å²) in [4.78, 5) is 23.9. The molecule has 6 heteroatoms. The zero-order valence-electron chi connectivity index (χ0n) is 12.7. The second-order valence-electron chi connectivity index (χ2n) is 5.74. The molecular weight excluding hydrogens is 294 g/mol. The minimum absolute atomic E-state index is 0.255. The van der Waals surface area contributed by atoms with Gasteiger partial charge in [-0.25, -0.2) is 4.79 Å². The van der Waals surface area contributed by atoms with Crippen molar-refractivity contribution < 1.29 is 14.7 Å². The first-order chi connectivity index (χ1) is 11.1. The van der Waals surface area contributed by atoms with Crippen LogP contribution in [0.3, 0.4) is 0 Å².